The number of rotatable bonds is 4. The van der Waals surface area contributed by atoms with Crippen molar-refractivity contribution in [1.29, 1.82) is 0 Å². The second-order valence-electron chi connectivity index (χ2n) is 4.39. The molecule has 6 heteroatoms. The molecule has 0 aliphatic rings. The summed E-state index contributed by atoms with van der Waals surface area (Å²) in [5, 5.41) is -1.08. The SMILES string of the molecule is CC(C(=O)c1ccc(F)cc1F)S(=O)c1cccc(F)c1. The van der Waals surface area contributed by atoms with E-state index >= 15 is 0 Å². The third-order valence-corrected chi connectivity index (χ3v) is 4.49. The minimum atomic E-state index is -1.83. The van der Waals surface area contributed by atoms with Crippen molar-refractivity contribution in [3.8, 4) is 0 Å². The number of ketones is 1. The van der Waals surface area contributed by atoms with E-state index in [9.17, 15) is 22.2 Å². The number of benzene rings is 2. The summed E-state index contributed by atoms with van der Waals surface area (Å²) in [6.07, 6.45) is 0. The van der Waals surface area contributed by atoms with Crippen LogP contribution in [0.1, 0.15) is 17.3 Å². The molecule has 0 amide bonds. The van der Waals surface area contributed by atoms with Gasteiger partial charge >= 0.3 is 0 Å². The first-order valence-electron chi connectivity index (χ1n) is 6.05. The Morgan fingerprint density at radius 3 is 2.33 bits per heavy atom. The first-order chi connectivity index (χ1) is 9.90. The fraction of sp³-hybridized carbons (Fsp3) is 0.133. The van der Waals surface area contributed by atoms with Crippen LogP contribution in [0.2, 0.25) is 0 Å². The van der Waals surface area contributed by atoms with Gasteiger partial charge in [-0.2, -0.15) is 0 Å². The summed E-state index contributed by atoms with van der Waals surface area (Å²) in [5.74, 6) is -3.12. The maximum Gasteiger partial charge on any atom is 0.181 e. The van der Waals surface area contributed by atoms with E-state index in [-0.39, 0.29) is 10.5 Å². The van der Waals surface area contributed by atoms with E-state index in [2.05, 4.69) is 0 Å². The molecule has 0 aliphatic carbocycles. The first-order valence-corrected chi connectivity index (χ1v) is 7.27. The standard InChI is InChI=1S/C15H11F3O2S/c1-9(21(20)12-4-2-3-10(16)7-12)15(19)13-6-5-11(17)8-14(13)18/h2-9H,1H3. The van der Waals surface area contributed by atoms with Gasteiger partial charge in [0.15, 0.2) is 5.78 Å². The van der Waals surface area contributed by atoms with E-state index in [1.54, 1.807) is 0 Å². The number of hydrogen-bond donors (Lipinski definition) is 0. The van der Waals surface area contributed by atoms with Gasteiger partial charge in [-0.3, -0.25) is 9.00 Å². The van der Waals surface area contributed by atoms with Crippen LogP contribution in [-0.2, 0) is 10.8 Å². The Kier molecular flexibility index (Phi) is 4.57. The van der Waals surface area contributed by atoms with Gasteiger partial charge in [-0.25, -0.2) is 13.2 Å². The zero-order valence-corrected chi connectivity index (χ0v) is 11.8. The summed E-state index contributed by atoms with van der Waals surface area (Å²) in [7, 11) is -1.83. The maximum absolute atomic E-state index is 13.6. The molecule has 0 spiro atoms. The van der Waals surface area contributed by atoms with E-state index < -0.39 is 39.3 Å². The second kappa shape index (κ2) is 6.22. The molecule has 2 aromatic carbocycles. The molecule has 0 saturated heterocycles. The van der Waals surface area contributed by atoms with Crippen LogP contribution in [0.15, 0.2) is 47.4 Å². The third-order valence-electron chi connectivity index (χ3n) is 2.92. The molecule has 0 fully saturated rings. The normalized spacial score (nSPS) is 13.7. The molecule has 2 aromatic rings. The van der Waals surface area contributed by atoms with E-state index in [0.29, 0.717) is 6.07 Å². The first kappa shape index (κ1) is 15.4. The predicted molar refractivity (Wildman–Crippen MR) is 73.0 cm³/mol. The maximum atomic E-state index is 13.6. The van der Waals surface area contributed by atoms with Crippen LogP contribution in [0, 0.1) is 17.5 Å². The number of halogens is 3. The molecule has 2 rings (SSSR count). The molecular formula is C15H11F3O2S. The van der Waals surface area contributed by atoms with Crippen molar-refractivity contribution in [3.63, 3.8) is 0 Å². The Labute approximate surface area is 122 Å². The Hall–Kier alpha value is -1.95. The van der Waals surface area contributed by atoms with Crippen LogP contribution >= 0.6 is 0 Å². The lowest BCUT2D eigenvalue weighted by molar-refractivity contribution is 0.0988. The number of Topliss-reactive ketones (excluding diaryl/α,β-unsaturated/α-hetero) is 1. The van der Waals surface area contributed by atoms with Gasteiger partial charge < -0.3 is 0 Å². The highest BCUT2D eigenvalue weighted by Crippen LogP contribution is 2.18. The molecule has 110 valence electrons. The lowest BCUT2D eigenvalue weighted by Crippen LogP contribution is -2.24. The molecule has 21 heavy (non-hydrogen) atoms. The monoisotopic (exact) mass is 312 g/mol. The summed E-state index contributed by atoms with van der Waals surface area (Å²) in [6, 6.07) is 7.58. The topological polar surface area (TPSA) is 34.1 Å². The molecule has 0 saturated carbocycles. The van der Waals surface area contributed by atoms with Gasteiger partial charge in [-0.15, -0.1) is 0 Å². The molecule has 2 nitrogen and oxygen atoms in total. The molecule has 2 atom stereocenters. The Balaban J connectivity index is 2.28. The molecule has 0 bridgehead atoms. The van der Waals surface area contributed by atoms with Gasteiger partial charge in [0.2, 0.25) is 0 Å². The molecule has 0 radical (unpaired) electrons. The quantitative estimate of drug-likeness (QED) is 0.810. The molecular weight excluding hydrogens is 301 g/mol. The van der Waals surface area contributed by atoms with Gasteiger partial charge in [0.1, 0.15) is 17.5 Å². The summed E-state index contributed by atoms with van der Waals surface area (Å²) >= 11 is 0. The van der Waals surface area contributed by atoms with Gasteiger partial charge in [-0.1, -0.05) is 6.07 Å². The molecule has 0 aromatic heterocycles. The van der Waals surface area contributed by atoms with Crippen molar-refractivity contribution < 1.29 is 22.2 Å². The Morgan fingerprint density at radius 1 is 1.05 bits per heavy atom. The lowest BCUT2D eigenvalue weighted by atomic mass is 10.1. The van der Waals surface area contributed by atoms with Crippen LogP contribution in [-0.4, -0.2) is 15.2 Å². The van der Waals surface area contributed by atoms with E-state index in [4.69, 9.17) is 0 Å². The largest absolute Gasteiger partial charge is 0.293 e. The van der Waals surface area contributed by atoms with E-state index in [1.807, 2.05) is 0 Å². The zero-order valence-electron chi connectivity index (χ0n) is 11.0. The van der Waals surface area contributed by atoms with Gasteiger partial charge in [0.05, 0.1) is 21.6 Å². The van der Waals surface area contributed by atoms with Crippen LogP contribution in [0.25, 0.3) is 0 Å². The fourth-order valence-corrected chi connectivity index (χ4v) is 2.97. The summed E-state index contributed by atoms with van der Waals surface area (Å²) in [6.45, 7) is 1.35. The lowest BCUT2D eigenvalue weighted by Gasteiger charge is -2.11. The summed E-state index contributed by atoms with van der Waals surface area (Å²) in [5.41, 5.74) is -0.339. The van der Waals surface area contributed by atoms with Crippen molar-refractivity contribution in [2.75, 3.05) is 0 Å². The smallest absolute Gasteiger partial charge is 0.181 e. The molecule has 2 unspecified atom stereocenters. The fourth-order valence-electron chi connectivity index (χ4n) is 1.80. The van der Waals surface area contributed by atoms with E-state index in [1.165, 1.54) is 25.1 Å². The van der Waals surface area contributed by atoms with Crippen LogP contribution in [0.3, 0.4) is 0 Å². The van der Waals surface area contributed by atoms with Crippen molar-refractivity contribution >= 4 is 16.6 Å². The Bertz CT molecular complexity index is 716. The van der Waals surface area contributed by atoms with Crippen molar-refractivity contribution in [2.24, 2.45) is 0 Å². The average molecular weight is 312 g/mol. The zero-order chi connectivity index (χ0) is 15.6. The summed E-state index contributed by atoms with van der Waals surface area (Å²) in [4.78, 5) is 12.3. The number of carbonyl (C=O) groups excluding carboxylic acids is 1. The number of hydrogen-bond acceptors (Lipinski definition) is 2. The van der Waals surface area contributed by atoms with Gasteiger partial charge in [0, 0.05) is 11.0 Å². The highest BCUT2D eigenvalue weighted by atomic mass is 32.2. The third kappa shape index (κ3) is 3.39. The summed E-state index contributed by atoms with van der Waals surface area (Å²) < 4.78 is 51.7. The molecule has 0 N–H and O–H groups in total. The predicted octanol–water partition coefficient (Wildman–Crippen LogP) is 3.48. The minimum absolute atomic E-state index is 0.137. The van der Waals surface area contributed by atoms with Crippen molar-refractivity contribution in [1.82, 2.24) is 0 Å². The van der Waals surface area contributed by atoms with E-state index in [0.717, 1.165) is 18.2 Å². The Morgan fingerprint density at radius 2 is 1.71 bits per heavy atom. The average Bonchev–Trinajstić information content (AvgIpc) is 2.45. The highest BCUT2D eigenvalue weighted by Gasteiger charge is 2.25. The highest BCUT2D eigenvalue weighted by molar-refractivity contribution is 7.86. The van der Waals surface area contributed by atoms with Crippen molar-refractivity contribution in [3.05, 3.63) is 65.5 Å². The van der Waals surface area contributed by atoms with Crippen LogP contribution in [0.4, 0.5) is 13.2 Å². The van der Waals surface area contributed by atoms with Crippen LogP contribution in [0.5, 0.6) is 0 Å². The van der Waals surface area contributed by atoms with Crippen LogP contribution < -0.4 is 0 Å². The molecule has 0 heterocycles. The minimum Gasteiger partial charge on any atom is -0.293 e. The van der Waals surface area contributed by atoms with Crippen molar-refractivity contribution in [2.45, 2.75) is 17.1 Å². The van der Waals surface area contributed by atoms with Gasteiger partial charge in [0.25, 0.3) is 0 Å². The second-order valence-corrected chi connectivity index (χ2v) is 6.16. The van der Waals surface area contributed by atoms with Gasteiger partial charge in [-0.05, 0) is 37.3 Å². The molecule has 0 aliphatic heterocycles. The number of carbonyl (C=O) groups is 1.